The van der Waals surface area contributed by atoms with E-state index in [2.05, 4.69) is 40.7 Å². The smallest absolute Gasteiger partial charge is 0.405 e. The van der Waals surface area contributed by atoms with Crippen molar-refractivity contribution in [2.45, 2.75) is 92.1 Å². The number of fused-ring (bicyclic) bond motifs is 7. The summed E-state index contributed by atoms with van der Waals surface area (Å²) >= 11 is 0. The van der Waals surface area contributed by atoms with Gasteiger partial charge >= 0.3 is 6.09 Å². The monoisotopic (exact) mass is 492 g/mol. The number of amides is 1. The quantitative estimate of drug-likeness (QED) is 0.507. The second kappa shape index (κ2) is 7.55. The summed E-state index contributed by atoms with van der Waals surface area (Å²) < 4.78 is 5.93. The molecule has 0 heterocycles. The molecule has 6 heteroatoms. The van der Waals surface area contributed by atoms with E-state index in [4.69, 9.17) is 10.5 Å². The van der Waals surface area contributed by atoms with Crippen LogP contribution in [0.1, 0.15) is 86.5 Å². The van der Waals surface area contributed by atoms with E-state index in [9.17, 15) is 19.6 Å². The highest BCUT2D eigenvalue weighted by Crippen LogP contribution is 2.72. The number of nitrogens with zero attached hydrogens (tertiary/aromatic N) is 1. The highest BCUT2D eigenvalue weighted by atomic mass is 16.6. The summed E-state index contributed by atoms with van der Waals surface area (Å²) in [4.78, 5) is 39.1. The minimum absolute atomic E-state index is 0.0475. The molecule has 2 N–H and O–H groups in total. The number of nitriles is 1. The molecule has 0 aromatic heterocycles. The second-order valence-corrected chi connectivity index (χ2v) is 13.9. The van der Waals surface area contributed by atoms with Crippen molar-refractivity contribution in [3.63, 3.8) is 0 Å². The first kappa shape index (κ1) is 25.2. The molecule has 3 saturated carbocycles. The van der Waals surface area contributed by atoms with Crippen LogP contribution in [0.5, 0.6) is 0 Å². The van der Waals surface area contributed by atoms with Crippen LogP contribution in [-0.2, 0) is 14.3 Å². The Kier molecular flexibility index (Phi) is 5.30. The summed E-state index contributed by atoms with van der Waals surface area (Å²) in [5.74, 6) is -0.501. The molecule has 0 aromatic carbocycles. The number of nitrogens with two attached hydrogens (primary N) is 1. The molecule has 8 atom stereocenters. The van der Waals surface area contributed by atoms with Gasteiger partial charge in [0.25, 0.3) is 0 Å². The number of Topliss-reactive ketones (excluding diaryl/α,β-unsaturated/α-hetero) is 1. The molecule has 0 radical (unpaired) electrons. The number of carbonyl (C=O) groups excluding carboxylic acids is 3. The van der Waals surface area contributed by atoms with Crippen molar-refractivity contribution >= 4 is 17.7 Å². The lowest BCUT2D eigenvalue weighted by atomic mass is 9.36. The van der Waals surface area contributed by atoms with E-state index in [0.29, 0.717) is 6.42 Å². The van der Waals surface area contributed by atoms with Gasteiger partial charge in [-0.15, -0.1) is 0 Å². The van der Waals surface area contributed by atoms with Crippen LogP contribution >= 0.6 is 0 Å². The van der Waals surface area contributed by atoms with E-state index in [1.54, 1.807) is 0 Å². The first-order valence-electron chi connectivity index (χ1n) is 13.6. The van der Waals surface area contributed by atoms with Crippen molar-refractivity contribution in [2.24, 2.45) is 51.1 Å². The molecular formula is C30H40N2O4. The average molecular weight is 493 g/mol. The molecule has 6 nitrogen and oxygen atoms in total. The van der Waals surface area contributed by atoms with E-state index in [1.165, 1.54) is 0 Å². The zero-order chi connectivity index (χ0) is 26.5. The summed E-state index contributed by atoms with van der Waals surface area (Å²) in [6.45, 7) is 13.1. The number of ketones is 2. The first-order valence-corrected chi connectivity index (χ1v) is 13.6. The Morgan fingerprint density at radius 2 is 1.72 bits per heavy atom. The summed E-state index contributed by atoms with van der Waals surface area (Å²) in [5.41, 5.74) is 5.14. The molecular weight excluding hydrogens is 452 g/mol. The summed E-state index contributed by atoms with van der Waals surface area (Å²) in [5, 5.41) is 9.74. The van der Waals surface area contributed by atoms with Gasteiger partial charge in [0.1, 0.15) is 11.7 Å². The molecule has 3 unspecified atom stereocenters. The number of ether oxygens (including phenoxy) is 1. The predicted octanol–water partition coefficient (Wildman–Crippen LogP) is 5.66. The van der Waals surface area contributed by atoms with Crippen LogP contribution in [0.15, 0.2) is 23.3 Å². The SMILES string of the molecule is C[C@@H]1C(=O)C(C#N)=C[C@]2(C)C3=CC(=O)C4C5CC(C)(C)CC[C@]5(OC(N)=O)CC[C@@]4(C)[C@]3(C)CCC12. The van der Waals surface area contributed by atoms with Crippen molar-refractivity contribution < 1.29 is 19.1 Å². The number of hydrogen-bond acceptors (Lipinski definition) is 5. The van der Waals surface area contributed by atoms with Gasteiger partial charge in [-0.2, -0.15) is 5.26 Å². The highest BCUT2D eigenvalue weighted by Gasteiger charge is 2.69. The van der Waals surface area contributed by atoms with Gasteiger partial charge in [-0.05, 0) is 73.2 Å². The molecule has 36 heavy (non-hydrogen) atoms. The van der Waals surface area contributed by atoms with Crippen LogP contribution in [-0.4, -0.2) is 23.3 Å². The van der Waals surface area contributed by atoms with Crippen LogP contribution in [0.25, 0.3) is 0 Å². The van der Waals surface area contributed by atoms with E-state index >= 15 is 0 Å². The van der Waals surface area contributed by atoms with Crippen molar-refractivity contribution in [3.8, 4) is 6.07 Å². The van der Waals surface area contributed by atoms with Gasteiger partial charge in [-0.3, -0.25) is 9.59 Å². The van der Waals surface area contributed by atoms with Crippen molar-refractivity contribution in [3.05, 3.63) is 23.3 Å². The molecule has 3 fully saturated rings. The first-order chi connectivity index (χ1) is 16.6. The molecule has 5 aliphatic carbocycles. The van der Waals surface area contributed by atoms with Crippen LogP contribution in [0.2, 0.25) is 0 Å². The van der Waals surface area contributed by atoms with Crippen molar-refractivity contribution in [2.75, 3.05) is 0 Å². The lowest BCUT2D eigenvalue weighted by Gasteiger charge is -2.68. The lowest BCUT2D eigenvalue weighted by molar-refractivity contribution is -0.193. The number of rotatable bonds is 1. The largest absolute Gasteiger partial charge is 0.443 e. The molecule has 0 saturated heterocycles. The number of carbonyl (C=O) groups is 3. The molecule has 194 valence electrons. The molecule has 0 spiro atoms. The van der Waals surface area contributed by atoms with Crippen LogP contribution < -0.4 is 5.73 Å². The van der Waals surface area contributed by atoms with Crippen LogP contribution in [0.4, 0.5) is 4.79 Å². The van der Waals surface area contributed by atoms with Gasteiger partial charge in [0.15, 0.2) is 11.6 Å². The topological polar surface area (TPSA) is 110 Å². The molecule has 0 aromatic rings. The summed E-state index contributed by atoms with van der Waals surface area (Å²) in [6, 6.07) is 2.14. The Morgan fingerprint density at radius 1 is 1.06 bits per heavy atom. The fourth-order valence-corrected chi connectivity index (χ4v) is 9.58. The maximum atomic E-state index is 14.2. The van der Waals surface area contributed by atoms with E-state index in [0.717, 1.165) is 44.1 Å². The fourth-order valence-electron chi connectivity index (χ4n) is 9.58. The minimum atomic E-state index is -0.753. The minimum Gasteiger partial charge on any atom is -0.443 e. The third-order valence-corrected chi connectivity index (χ3v) is 11.7. The summed E-state index contributed by atoms with van der Waals surface area (Å²) in [6.07, 6.45) is 8.71. The zero-order valence-electron chi connectivity index (χ0n) is 22.6. The van der Waals surface area contributed by atoms with Gasteiger partial charge < -0.3 is 10.5 Å². The van der Waals surface area contributed by atoms with E-state index in [1.807, 2.05) is 19.1 Å². The van der Waals surface area contributed by atoms with Gasteiger partial charge in [0.05, 0.1) is 5.57 Å². The number of primary amides is 1. The normalized spacial score (nSPS) is 47.1. The Balaban J connectivity index is 1.68. The van der Waals surface area contributed by atoms with Gasteiger partial charge in [0.2, 0.25) is 0 Å². The molecule has 0 bridgehead atoms. The van der Waals surface area contributed by atoms with Gasteiger partial charge in [-0.1, -0.05) is 53.2 Å². The van der Waals surface area contributed by atoms with Gasteiger partial charge in [0, 0.05) is 23.2 Å². The maximum absolute atomic E-state index is 14.2. The van der Waals surface area contributed by atoms with E-state index in [-0.39, 0.29) is 57.1 Å². The van der Waals surface area contributed by atoms with Crippen molar-refractivity contribution in [1.82, 2.24) is 0 Å². The van der Waals surface area contributed by atoms with E-state index < -0.39 is 17.1 Å². The third-order valence-electron chi connectivity index (χ3n) is 11.7. The van der Waals surface area contributed by atoms with Crippen LogP contribution in [0.3, 0.4) is 0 Å². The molecule has 0 aliphatic heterocycles. The molecule has 5 aliphatic rings. The second-order valence-electron chi connectivity index (χ2n) is 13.9. The Morgan fingerprint density at radius 3 is 2.36 bits per heavy atom. The molecule has 1 amide bonds. The van der Waals surface area contributed by atoms with Crippen LogP contribution in [0, 0.1) is 56.7 Å². The lowest BCUT2D eigenvalue weighted by Crippen LogP contribution is -2.66. The summed E-state index contributed by atoms with van der Waals surface area (Å²) in [7, 11) is 0. The highest BCUT2D eigenvalue weighted by molar-refractivity contribution is 6.02. The zero-order valence-corrected chi connectivity index (χ0v) is 22.6. The predicted molar refractivity (Wildman–Crippen MR) is 135 cm³/mol. The Hall–Kier alpha value is -2.42. The third kappa shape index (κ3) is 3.10. The fraction of sp³-hybridized carbons (Fsp3) is 0.733. The Bertz CT molecular complexity index is 1160. The Labute approximate surface area is 214 Å². The number of hydrogen-bond donors (Lipinski definition) is 1. The average Bonchev–Trinajstić information content (AvgIpc) is 2.78. The number of allylic oxidation sites excluding steroid dienone is 4. The molecule has 5 rings (SSSR count). The van der Waals surface area contributed by atoms with Gasteiger partial charge in [-0.25, -0.2) is 4.79 Å². The standard InChI is InChI=1S/C30H40N2O4/c1-17-19-7-8-28(5)22(27(19,4)14-18(16-31)24(17)34)13-21(33)23-20-15-26(2,3)9-11-30(20,36-25(32)35)12-10-29(23,28)6/h13-14,17,19-20,23H,7-12,15H2,1-6H3,(H2,32,35)/t17-,19?,20?,23?,27-,28+,29+,30-/m0/s1. The maximum Gasteiger partial charge on any atom is 0.405 e. The van der Waals surface area contributed by atoms with Crippen molar-refractivity contribution in [1.29, 1.82) is 5.26 Å².